The SMILES string of the molecule is CNc1cc(Cl)ccc1C1(C=O)C(CC(C)(C)C)N=C(C(=O)NC2CC(C)(O)C2)C1c1cccc(Cl)c1F. The Labute approximate surface area is 233 Å². The lowest BCUT2D eigenvalue weighted by Gasteiger charge is -2.41. The topological polar surface area (TPSA) is 90.8 Å². The molecule has 3 atom stereocenters. The van der Waals surface area contributed by atoms with Gasteiger partial charge in [-0.25, -0.2) is 4.39 Å². The fourth-order valence-corrected chi connectivity index (χ4v) is 6.26. The van der Waals surface area contributed by atoms with E-state index in [4.69, 9.17) is 28.2 Å². The highest BCUT2D eigenvalue weighted by Crippen LogP contribution is 2.53. The highest BCUT2D eigenvalue weighted by atomic mass is 35.5. The number of anilines is 1. The molecule has 6 nitrogen and oxygen atoms in total. The first-order valence-corrected chi connectivity index (χ1v) is 13.5. The maximum absolute atomic E-state index is 15.7. The van der Waals surface area contributed by atoms with Gasteiger partial charge in [0.2, 0.25) is 0 Å². The Morgan fingerprint density at radius 3 is 2.50 bits per heavy atom. The van der Waals surface area contributed by atoms with Gasteiger partial charge in [0.1, 0.15) is 17.8 Å². The van der Waals surface area contributed by atoms with Crippen molar-refractivity contribution in [2.45, 2.75) is 76.0 Å². The molecule has 0 aromatic heterocycles. The molecule has 38 heavy (non-hydrogen) atoms. The number of aliphatic hydroxyl groups is 1. The van der Waals surface area contributed by atoms with E-state index in [1.54, 1.807) is 44.3 Å². The molecule has 0 saturated heterocycles. The molecule has 1 fully saturated rings. The normalized spacial score (nSPS) is 28.9. The van der Waals surface area contributed by atoms with Gasteiger partial charge in [-0.3, -0.25) is 9.79 Å². The van der Waals surface area contributed by atoms with Crippen molar-refractivity contribution in [3.8, 4) is 0 Å². The van der Waals surface area contributed by atoms with Crippen molar-refractivity contribution in [3.63, 3.8) is 0 Å². The second-order valence-electron chi connectivity index (χ2n) is 11.9. The molecule has 1 saturated carbocycles. The third-order valence-corrected chi connectivity index (χ3v) is 8.08. The Balaban J connectivity index is 1.96. The summed E-state index contributed by atoms with van der Waals surface area (Å²) in [7, 11) is 1.72. The lowest BCUT2D eigenvalue weighted by Crippen LogP contribution is -2.55. The summed E-state index contributed by atoms with van der Waals surface area (Å²) in [6.07, 6.45) is 2.04. The summed E-state index contributed by atoms with van der Waals surface area (Å²) >= 11 is 12.5. The van der Waals surface area contributed by atoms with E-state index < -0.39 is 34.7 Å². The molecule has 4 rings (SSSR count). The molecule has 0 bridgehead atoms. The molecule has 1 aliphatic carbocycles. The monoisotopic (exact) mass is 561 g/mol. The Morgan fingerprint density at radius 2 is 1.92 bits per heavy atom. The van der Waals surface area contributed by atoms with Crippen LogP contribution in [0.3, 0.4) is 0 Å². The first-order valence-electron chi connectivity index (χ1n) is 12.7. The van der Waals surface area contributed by atoms with Crippen LogP contribution in [0.15, 0.2) is 41.4 Å². The first-order chi connectivity index (χ1) is 17.7. The predicted octanol–water partition coefficient (Wildman–Crippen LogP) is 5.68. The average molecular weight is 563 g/mol. The van der Waals surface area contributed by atoms with Gasteiger partial charge >= 0.3 is 0 Å². The Bertz CT molecular complexity index is 1280. The number of rotatable bonds is 7. The van der Waals surface area contributed by atoms with Crippen LogP contribution in [0.25, 0.3) is 0 Å². The minimum Gasteiger partial charge on any atom is -0.390 e. The molecular weight excluding hydrogens is 528 g/mol. The van der Waals surface area contributed by atoms with Crippen LogP contribution < -0.4 is 10.6 Å². The van der Waals surface area contributed by atoms with Gasteiger partial charge in [-0.1, -0.05) is 62.2 Å². The average Bonchev–Trinajstić information content (AvgIpc) is 3.12. The number of hydrogen-bond acceptors (Lipinski definition) is 5. The molecule has 1 aliphatic heterocycles. The van der Waals surface area contributed by atoms with Crippen molar-refractivity contribution in [1.82, 2.24) is 5.32 Å². The van der Waals surface area contributed by atoms with Crippen LogP contribution in [0, 0.1) is 11.2 Å². The van der Waals surface area contributed by atoms with Crippen LogP contribution in [-0.2, 0) is 15.0 Å². The van der Waals surface area contributed by atoms with Crippen molar-refractivity contribution in [2.24, 2.45) is 10.4 Å². The summed E-state index contributed by atoms with van der Waals surface area (Å²) in [6.45, 7) is 7.80. The van der Waals surface area contributed by atoms with E-state index in [0.717, 1.165) is 6.29 Å². The lowest BCUT2D eigenvalue weighted by molar-refractivity contribution is -0.118. The molecule has 3 unspecified atom stereocenters. The molecular formula is C29H34Cl2FN3O3. The summed E-state index contributed by atoms with van der Waals surface area (Å²) < 4.78 is 15.7. The third kappa shape index (κ3) is 5.21. The van der Waals surface area contributed by atoms with E-state index in [9.17, 15) is 14.7 Å². The molecule has 1 amide bonds. The molecule has 204 valence electrons. The van der Waals surface area contributed by atoms with Crippen molar-refractivity contribution in [1.29, 1.82) is 0 Å². The van der Waals surface area contributed by atoms with Gasteiger partial charge in [0.25, 0.3) is 5.91 Å². The second kappa shape index (κ2) is 10.2. The number of hydrogen-bond donors (Lipinski definition) is 3. The Hall–Kier alpha value is -2.48. The van der Waals surface area contributed by atoms with Gasteiger partial charge in [-0.2, -0.15) is 0 Å². The zero-order chi connectivity index (χ0) is 28.0. The zero-order valence-electron chi connectivity index (χ0n) is 22.2. The number of aldehydes is 1. The van der Waals surface area contributed by atoms with E-state index in [-0.39, 0.29) is 27.8 Å². The van der Waals surface area contributed by atoms with E-state index in [2.05, 4.69) is 10.6 Å². The molecule has 9 heteroatoms. The van der Waals surface area contributed by atoms with Crippen LogP contribution in [-0.4, -0.2) is 47.7 Å². The predicted molar refractivity (Wildman–Crippen MR) is 150 cm³/mol. The summed E-state index contributed by atoms with van der Waals surface area (Å²) in [6, 6.07) is 8.78. The number of nitrogens with zero attached hydrogens (tertiary/aromatic N) is 1. The number of carbonyl (C=O) groups excluding carboxylic acids is 2. The number of nitrogens with one attached hydrogen (secondary N) is 2. The van der Waals surface area contributed by atoms with E-state index >= 15 is 4.39 Å². The zero-order valence-corrected chi connectivity index (χ0v) is 23.8. The summed E-state index contributed by atoms with van der Waals surface area (Å²) in [5.74, 6) is -2.24. The van der Waals surface area contributed by atoms with Gasteiger partial charge in [0.05, 0.1) is 28.0 Å². The van der Waals surface area contributed by atoms with Crippen LogP contribution in [0.4, 0.5) is 10.1 Å². The van der Waals surface area contributed by atoms with Crippen molar-refractivity contribution in [3.05, 3.63) is 63.4 Å². The van der Waals surface area contributed by atoms with E-state index in [0.29, 0.717) is 35.5 Å². The number of halogens is 3. The number of aliphatic imine (C=N–C) groups is 1. The smallest absolute Gasteiger partial charge is 0.266 e. The third-order valence-electron chi connectivity index (χ3n) is 7.55. The van der Waals surface area contributed by atoms with Crippen LogP contribution >= 0.6 is 23.2 Å². The molecule has 2 aromatic carbocycles. The fraction of sp³-hybridized carbons (Fsp3) is 0.483. The molecule has 2 aliphatic rings. The second-order valence-corrected chi connectivity index (χ2v) is 12.8. The lowest BCUT2D eigenvalue weighted by atomic mass is 9.62. The van der Waals surface area contributed by atoms with E-state index in [1.807, 2.05) is 20.8 Å². The van der Waals surface area contributed by atoms with Crippen molar-refractivity contribution in [2.75, 3.05) is 12.4 Å². The molecule has 2 aromatic rings. The maximum Gasteiger partial charge on any atom is 0.266 e. The molecule has 3 N–H and O–H groups in total. The summed E-state index contributed by atoms with van der Waals surface area (Å²) in [5, 5.41) is 16.6. The maximum atomic E-state index is 15.7. The number of amides is 1. The van der Waals surface area contributed by atoms with Crippen LogP contribution in [0.2, 0.25) is 10.0 Å². The highest BCUT2D eigenvalue weighted by Gasteiger charge is 2.58. The van der Waals surface area contributed by atoms with Crippen molar-refractivity contribution >= 4 is 46.8 Å². The van der Waals surface area contributed by atoms with Crippen molar-refractivity contribution < 1.29 is 19.1 Å². The minimum absolute atomic E-state index is 0.0658. The number of benzene rings is 2. The minimum atomic E-state index is -1.43. The quantitative estimate of drug-likeness (QED) is 0.379. The van der Waals surface area contributed by atoms with Crippen LogP contribution in [0.5, 0.6) is 0 Å². The molecule has 0 spiro atoms. The largest absolute Gasteiger partial charge is 0.390 e. The summed E-state index contributed by atoms with van der Waals surface area (Å²) in [5.41, 5.74) is -1.22. The van der Waals surface area contributed by atoms with Gasteiger partial charge in [-0.15, -0.1) is 0 Å². The van der Waals surface area contributed by atoms with Crippen LogP contribution in [0.1, 0.15) is 64.0 Å². The first kappa shape index (κ1) is 28.5. The fourth-order valence-electron chi connectivity index (χ4n) is 5.91. The number of carbonyl (C=O) groups is 2. The standard InChI is InChI=1S/C29H34Cl2FN3O3/c1-27(2,3)14-22-29(15-36,19-10-9-16(30)11-21(19)33-5)23(18-7-6-8-20(31)24(18)32)25(35-22)26(37)34-17-12-28(4,38)13-17/h6-11,15,17,22-23,33,38H,12-14H2,1-5H3,(H,34,37). The van der Waals surface area contributed by atoms with Gasteiger partial charge in [0.15, 0.2) is 0 Å². The summed E-state index contributed by atoms with van der Waals surface area (Å²) in [4.78, 5) is 32.1. The Kier molecular flexibility index (Phi) is 7.69. The van der Waals surface area contributed by atoms with Gasteiger partial charge in [0, 0.05) is 29.4 Å². The van der Waals surface area contributed by atoms with Gasteiger partial charge < -0.3 is 20.5 Å². The molecule has 1 heterocycles. The van der Waals surface area contributed by atoms with E-state index in [1.165, 1.54) is 6.07 Å². The Morgan fingerprint density at radius 1 is 1.24 bits per heavy atom. The van der Waals surface area contributed by atoms with Gasteiger partial charge in [-0.05, 0) is 55.4 Å². The highest BCUT2D eigenvalue weighted by molar-refractivity contribution is 6.43. The molecule has 0 radical (unpaired) electrons.